The summed E-state index contributed by atoms with van der Waals surface area (Å²) < 4.78 is 1.67. The number of Topliss-reactive ketones (excluding diaryl/α,β-unsaturated/α-hetero) is 1. The molecule has 22 heavy (non-hydrogen) atoms. The largest absolute Gasteiger partial charge is 0.339 e. The van der Waals surface area contributed by atoms with E-state index >= 15 is 0 Å². The van der Waals surface area contributed by atoms with E-state index < -0.39 is 0 Å². The van der Waals surface area contributed by atoms with Crippen LogP contribution in [0.25, 0.3) is 0 Å². The molecule has 0 spiro atoms. The molecule has 0 unspecified atom stereocenters. The standard InChI is InChI=1S/C16H24N4O2/c1-10-16(12(3)21)11(2)20(18-10)9-15(22)19-7-6-13-4-5-14(8-19)17-13/h13-14,17H,4-9H2,1-3H3/t13-,14+/m1/s1. The summed E-state index contributed by atoms with van der Waals surface area (Å²) in [6, 6.07) is 1.01. The molecule has 2 saturated heterocycles. The molecule has 2 aliphatic rings. The van der Waals surface area contributed by atoms with Crippen molar-refractivity contribution in [2.75, 3.05) is 13.1 Å². The van der Waals surface area contributed by atoms with Crippen molar-refractivity contribution in [1.82, 2.24) is 20.0 Å². The summed E-state index contributed by atoms with van der Waals surface area (Å²) in [6.45, 7) is 7.03. The van der Waals surface area contributed by atoms with Crippen molar-refractivity contribution in [3.63, 3.8) is 0 Å². The number of aromatic nitrogens is 2. The number of rotatable bonds is 3. The Balaban J connectivity index is 1.72. The van der Waals surface area contributed by atoms with Gasteiger partial charge in [0.15, 0.2) is 5.78 Å². The number of aryl methyl sites for hydroxylation is 1. The first kappa shape index (κ1) is 15.2. The Bertz CT molecular complexity index is 608. The van der Waals surface area contributed by atoms with Crippen molar-refractivity contribution < 1.29 is 9.59 Å². The third-order valence-electron chi connectivity index (χ3n) is 4.89. The Morgan fingerprint density at radius 2 is 1.95 bits per heavy atom. The van der Waals surface area contributed by atoms with Crippen LogP contribution in [-0.2, 0) is 11.3 Å². The van der Waals surface area contributed by atoms with Gasteiger partial charge in [-0.05, 0) is 40.0 Å². The maximum Gasteiger partial charge on any atom is 0.244 e. The molecule has 1 aromatic heterocycles. The van der Waals surface area contributed by atoms with Crippen LogP contribution in [0.2, 0.25) is 0 Å². The molecule has 0 aliphatic carbocycles. The zero-order valence-electron chi connectivity index (χ0n) is 13.6. The van der Waals surface area contributed by atoms with Crippen molar-refractivity contribution in [2.45, 2.75) is 58.7 Å². The van der Waals surface area contributed by atoms with Crippen LogP contribution in [0.1, 0.15) is 47.9 Å². The zero-order valence-corrected chi connectivity index (χ0v) is 13.6. The Labute approximate surface area is 130 Å². The molecule has 6 heteroatoms. The molecular formula is C16H24N4O2. The van der Waals surface area contributed by atoms with Crippen LogP contribution in [0, 0.1) is 13.8 Å². The number of carbonyl (C=O) groups excluding carboxylic acids is 2. The molecule has 3 heterocycles. The summed E-state index contributed by atoms with van der Waals surface area (Å²) in [7, 11) is 0. The third-order valence-corrected chi connectivity index (χ3v) is 4.89. The second-order valence-electron chi connectivity index (χ2n) is 6.53. The van der Waals surface area contributed by atoms with E-state index in [0.29, 0.717) is 23.3 Å². The first-order valence-corrected chi connectivity index (χ1v) is 8.04. The lowest BCUT2D eigenvalue weighted by Crippen LogP contribution is -2.40. The summed E-state index contributed by atoms with van der Waals surface area (Å²) in [4.78, 5) is 26.2. The molecule has 0 saturated carbocycles. The molecule has 1 N–H and O–H groups in total. The fourth-order valence-corrected chi connectivity index (χ4v) is 3.76. The molecule has 0 aromatic carbocycles. The molecule has 2 atom stereocenters. The summed E-state index contributed by atoms with van der Waals surface area (Å²) >= 11 is 0. The van der Waals surface area contributed by atoms with Crippen LogP contribution in [0.15, 0.2) is 0 Å². The lowest BCUT2D eigenvalue weighted by Gasteiger charge is -2.24. The monoisotopic (exact) mass is 304 g/mol. The maximum absolute atomic E-state index is 12.6. The quantitative estimate of drug-likeness (QED) is 0.848. The van der Waals surface area contributed by atoms with E-state index in [2.05, 4.69) is 10.4 Å². The van der Waals surface area contributed by atoms with Crippen molar-refractivity contribution in [3.05, 3.63) is 17.0 Å². The van der Waals surface area contributed by atoms with Crippen molar-refractivity contribution in [3.8, 4) is 0 Å². The number of nitrogens with one attached hydrogen (secondary N) is 1. The third kappa shape index (κ3) is 2.79. The van der Waals surface area contributed by atoms with Crippen molar-refractivity contribution >= 4 is 11.7 Å². The molecule has 120 valence electrons. The average molecular weight is 304 g/mol. The Morgan fingerprint density at radius 3 is 2.64 bits per heavy atom. The van der Waals surface area contributed by atoms with Gasteiger partial charge in [0.05, 0.1) is 11.3 Å². The minimum absolute atomic E-state index is 0.00461. The molecule has 1 aromatic rings. The molecule has 6 nitrogen and oxygen atoms in total. The van der Waals surface area contributed by atoms with Gasteiger partial charge in [-0.2, -0.15) is 5.10 Å². The molecule has 1 amide bonds. The molecule has 0 radical (unpaired) electrons. The van der Waals surface area contributed by atoms with E-state index in [9.17, 15) is 9.59 Å². The number of ketones is 1. The summed E-state index contributed by atoms with van der Waals surface area (Å²) in [5.74, 6) is 0.0973. The van der Waals surface area contributed by atoms with Gasteiger partial charge in [-0.3, -0.25) is 14.3 Å². The van der Waals surface area contributed by atoms with Crippen molar-refractivity contribution in [2.24, 2.45) is 0 Å². The summed E-state index contributed by atoms with van der Waals surface area (Å²) in [5, 5.41) is 7.95. The number of carbonyl (C=O) groups is 2. The van der Waals surface area contributed by atoms with Gasteiger partial charge in [0.2, 0.25) is 5.91 Å². The highest BCUT2D eigenvalue weighted by Gasteiger charge is 2.31. The summed E-state index contributed by atoms with van der Waals surface area (Å²) in [5.41, 5.74) is 2.13. The lowest BCUT2D eigenvalue weighted by atomic mass is 10.1. The van der Waals surface area contributed by atoms with E-state index in [4.69, 9.17) is 0 Å². The van der Waals surface area contributed by atoms with Crippen LogP contribution in [0.3, 0.4) is 0 Å². The number of fused-ring (bicyclic) bond motifs is 2. The lowest BCUT2D eigenvalue weighted by molar-refractivity contribution is -0.132. The normalized spacial score (nSPS) is 24.4. The molecular weight excluding hydrogens is 280 g/mol. The van der Waals surface area contributed by atoms with Gasteiger partial charge in [-0.1, -0.05) is 0 Å². The molecule has 2 fully saturated rings. The predicted octanol–water partition coefficient (Wildman–Crippen LogP) is 1.06. The number of amides is 1. The van der Waals surface area contributed by atoms with Crippen LogP contribution in [-0.4, -0.2) is 51.5 Å². The van der Waals surface area contributed by atoms with Gasteiger partial charge >= 0.3 is 0 Å². The summed E-state index contributed by atoms with van der Waals surface area (Å²) in [6.07, 6.45) is 3.41. The highest BCUT2D eigenvalue weighted by molar-refractivity contribution is 5.96. The Morgan fingerprint density at radius 1 is 1.23 bits per heavy atom. The van der Waals surface area contributed by atoms with Gasteiger partial charge in [0.1, 0.15) is 6.54 Å². The van der Waals surface area contributed by atoms with E-state index in [1.54, 1.807) is 11.6 Å². The Kier molecular flexibility index (Phi) is 4.04. The Hall–Kier alpha value is -1.69. The minimum atomic E-state index is 0.00461. The van der Waals surface area contributed by atoms with Crippen molar-refractivity contribution in [1.29, 1.82) is 0 Å². The van der Waals surface area contributed by atoms with Crippen LogP contribution < -0.4 is 5.32 Å². The van der Waals surface area contributed by atoms with Crippen LogP contribution >= 0.6 is 0 Å². The zero-order chi connectivity index (χ0) is 15.9. The van der Waals surface area contributed by atoms with Gasteiger partial charge in [0.25, 0.3) is 0 Å². The number of hydrogen-bond donors (Lipinski definition) is 1. The first-order valence-electron chi connectivity index (χ1n) is 8.04. The van der Waals surface area contributed by atoms with E-state index in [-0.39, 0.29) is 18.2 Å². The van der Waals surface area contributed by atoms with E-state index in [1.807, 2.05) is 18.7 Å². The first-order chi connectivity index (χ1) is 10.5. The molecule has 2 bridgehead atoms. The second kappa shape index (κ2) is 5.83. The highest BCUT2D eigenvalue weighted by atomic mass is 16.2. The average Bonchev–Trinajstić information content (AvgIpc) is 2.89. The van der Waals surface area contributed by atoms with Gasteiger partial charge in [-0.25, -0.2) is 0 Å². The number of hydrogen-bond acceptors (Lipinski definition) is 4. The minimum Gasteiger partial charge on any atom is -0.339 e. The van der Waals surface area contributed by atoms with E-state index in [0.717, 1.165) is 31.6 Å². The van der Waals surface area contributed by atoms with Gasteiger partial charge < -0.3 is 10.2 Å². The maximum atomic E-state index is 12.6. The highest BCUT2D eigenvalue weighted by Crippen LogP contribution is 2.21. The van der Waals surface area contributed by atoms with E-state index in [1.165, 1.54) is 6.42 Å². The smallest absolute Gasteiger partial charge is 0.244 e. The predicted molar refractivity (Wildman–Crippen MR) is 82.8 cm³/mol. The van der Waals surface area contributed by atoms with Crippen LogP contribution in [0.5, 0.6) is 0 Å². The van der Waals surface area contributed by atoms with Gasteiger partial charge in [0, 0.05) is 30.9 Å². The molecule has 2 aliphatic heterocycles. The number of likely N-dealkylation sites (tertiary alicyclic amines) is 1. The second-order valence-corrected chi connectivity index (χ2v) is 6.53. The fraction of sp³-hybridized carbons (Fsp3) is 0.688. The fourth-order valence-electron chi connectivity index (χ4n) is 3.76. The molecule has 3 rings (SSSR count). The van der Waals surface area contributed by atoms with Gasteiger partial charge in [-0.15, -0.1) is 0 Å². The SMILES string of the molecule is CC(=O)c1c(C)nn(CC(=O)N2CC[C@H]3CC[C@@H](C2)N3)c1C. The van der Waals surface area contributed by atoms with Crippen LogP contribution in [0.4, 0.5) is 0 Å². The topological polar surface area (TPSA) is 67.2 Å². The number of nitrogens with zero attached hydrogens (tertiary/aromatic N) is 3.